The van der Waals surface area contributed by atoms with Gasteiger partial charge in [0, 0.05) is 41.2 Å². The fourth-order valence-electron chi connectivity index (χ4n) is 3.65. The molecule has 4 aromatic rings. The van der Waals surface area contributed by atoms with Crippen LogP contribution in [0.2, 0.25) is 0 Å². The minimum absolute atomic E-state index is 0.0581. The molecule has 0 aliphatic carbocycles. The van der Waals surface area contributed by atoms with E-state index in [4.69, 9.17) is 4.74 Å². The lowest BCUT2D eigenvalue weighted by Gasteiger charge is -2.16. The van der Waals surface area contributed by atoms with E-state index < -0.39 is 0 Å². The van der Waals surface area contributed by atoms with Crippen LogP contribution in [0.25, 0.3) is 0 Å². The standard InChI is InChI=1S/C25H21N5O2/c1-16-13-18(9-11-26-16)28-24-8-7-22-23(29-24)15-30(25(22)31)19-3-5-20(6-4-19)32-21-10-12-27-17(2)14-21/h3-14H,15H2,1-2H3,(H,26,28,29). The molecule has 0 atom stereocenters. The van der Waals surface area contributed by atoms with Crippen LogP contribution in [0.4, 0.5) is 17.2 Å². The van der Waals surface area contributed by atoms with Crippen molar-refractivity contribution in [3.8, 4) is 11.5 Å². The molecule has 0 radical (unpaired) electrons. The first-order chi connectivity index (χ1) is 15.5. The Kier molecular flexibility index (Phi) is 4.99. The molecule has 1 aliphatic rings. The molecule has 32 heavy (non-hydrogen) atoms. The van der Waals surface area contributed by atoms with E-state index in [9.17, 15) is 4.79 Å². The first-order valence-corrected chi connectivity index (χ1v) is 10.3. The third kappa shape index (κ3) is 4.00. The number of pyridine rings is 3. The highest BCUT2D eigenvalue weighted by Gasteiger charge is 2.30. The maximum absolute atomic E-state index is 12.9. The summed E-state index contributed by atoms with van der Waals surface area (Å²) in [5, 5.41) is 3.28. The van der Waals surface area contributed by atoms with Crippen LogP contribution in [0.1, 0.15) is 27.4 Å². The van der Waals surface area contributed by atoms with Crippen LogP contribution < -0.4 is 15.0 Å². The summed E-state index contributed by atoms with van der Waals surface area (Å²) in [6.07, 6.45) is 3.46. The van der Waals surface area contributed by atoms with Crippen molar-refractivity contribution in [1.29, 1.82) is 0 Å². The molecular formula is C25H21N5O2. The first kappa shape index (κ1) is 19.7. The van der Waals surface area contributed by atoms with Crippen molar-refractivity contribution < 1.29 is 9.53 Å². The molecule has 7 heteroatoms. The number of ether oxygens (including phenoxy) is 1. The molecule has 1 aliphatic heterocycles. The second-order valence-electron chi connectivity index (χ2n) is 7.62. The molecule has 0 unspecified atom stereocenters. The molecule has 0 saturated carbocycles. The molecule has 1 amide bonds. The molecule has 0 bridgehead atoms. The number of carbonyl (C=O) groups is 1. The van der Waals surface area contributed by atoms with Gasteiger partial charge in [-0.2, -0.15) is 0 Å². The highest BCUT2D eigenvalue weighted by molar-refractivity contribution is 6.09. The zero-order valence-corrected chi connectivity index (χ0v) is 17.7. The minimum Gasteiger partial charge on any atom is -0.457 e. The van der Waals surface area contributed by atoms with Gasteiger partial charge in [0.1, 0.15) is 17.3 Å². The van der Waals surface area contributed by atoms with E-state index in [1.165, 1.54) is 0 Å². The quantitative estimate of drug-likeness (QED) is 0.476. The average Bonchev–Trinajstić information content (AvgIpc) is 3.10. The first-order valence-electron chi connectivity index (χ1n) is 10.3. The Morgan fingerprint density at radius 3 is 2.38 bits per heavy atom. The van der Waals surface area contributed by atoms with E-state index in [-0.39, 0.29) is 5.91 Å². The number of amides is 1. The normalized spacial score (nSPS) is 12.6. The smallest absolute Gasteiger partial charge is 0.260 e. The van der Waals surface area contributed by atoms with Crippen molar-refractivity contribution in [2.24, 2.45) is 0 Å². The van der Waals surface area contributed by atoms with Crippen LogP contribution in [0, 0.1) is 13.8 Å². The van der Waals surface area contributed by atoms with E-state index >= 15 is 0 Å². The number of nitrogens with zero attached hydrogens (tertiary/aromatic N) is 4. The van der Waals surface area contributed by atoms with Crippen LogP contribution in [-0.4, -0.2) is 20.9 Å². The van der Waals surface area contributed by atoms with Crippen LogP contribution >= 0.6 is 0 Å². The van der Waals surface area contributed by atoms with Gasteiger partial charge in [0.25, 0.3) is 5.91 Å². The third-order valence-electron chi connectivity index (χ3n) is 5.18. The van der Waals surface area contributed by atoms with Gasteiger partial charge in [0.2, 0.25) is 0 Å². The molecule has 1 aromatic carbocycles. The number of fused-ring (bicyclic) bond motifs is 1. The van der Waals surface area contributed by atoms with Crippen LogP contribution in [0.5, 0.6) is 11.5 Å². The van der Waals surface area contributed by atoms with Crippen molar-refractivity contribution in [3.63, 3.8) is 0 Å². The largest absolute Gasteiger partial charge is 0.457 e. The lowest BCUT2D eigenvalue weighted by molar-refractivity contribution is 0.0996. The molecule has 0 fully saturated rings. The third-order valence-corrected chi connectivity index (χ3v) is 5.18. The SMILES string of the molecule is Cc1cc(Nc2ccc3c(n2)CN(c2ccc(Oc4ccnc(C)c4)cc2)C3=O)ccn1. The van der Waals surface area contributed by atoms with Crippen molar-refractivity contribution in [1.82, 2.24) is 15.0 Å². The second-order valence-corrected chi connectivity index (χ2v) is 7.62. The number of aryl methyl sites for hydroxylation is 2. The summed E-state index contributed by atoms with van der Waals surface area (Å²) in [5.74, 6) is 2.06. The lowest BCUT2D eigenvalue weighted by Crippen LogP contribution is -2.22. The lowest BCUT2D eigenvalue weighted by atomic mass is 10.2. The molecule has 0 saturated heterocycles. The monoisotopic (exact) mass is 423 g/mol. The van der Waals surface area contributed by atoms with Crippen molar-refractivity contribution >= 4 is 23.1 Å². The second kappa shape index (κ2) is 8.11. The molecule has 5 rings (SSSR count). The predicted octanol–water partition coefficient (Wildman–Crippen LogP) is 5.18. The molecule has 1 N–H and O–H groups in total. The number of aromatic nitrogens is 3. The van der Waals surface area contributed by atoms with Gasteiger partial charge in [-0.3, -0.25) is 14.8 Å². The Morgan fingerprint density at radius 2 is 1.62 bits per heavy atom. The van der Waals surface area contributed by atoms with Gasteiger partial charge in [0.15, 0.2) is 0 Å². The zero-order valence-electron chi connectivity index (χ0n) is 17.7. The van der Waals surface area contributed by atoms with Gasteiger partial charge < -0.3 is 15.0 Å². The van der Waals surface area contributed by atoms with Gasteiger partial charge in [-0.15, -0.1) is 0 Å². The van der Waals surface area contributed by atoms with Gasteiger partial charge in [-0.25, -0.2) is 4.98 Å². The number of hydrogen-bond donors (Lipinski definition) is 1. The Hall–Kier alpha value is -4.26. The number of anilines is 3. The van der Waals surface area contributed by atoms with Gasteiger partial charge >= 0.3 is 0 Å². The van der Waals surface area contributed by atoms with Crippen molar-refractivity contribution in [3.05, 3.63) is 95.7 Å². The number of rotatable bonds is 5. The molecule has 7 nitrogen and oxygen atoms in total. The van der Waals surface area contributed by atoms with E-state index in [1.54, 1.807) is 17.3 Å². The topological polar surface area (TPSA) is 80.2 Å². The average molecular weight is 423 g/mol. The van der Waals surface area contributed by atoms with E-state index in [0.29, 0.717) is 23.7 Å². The fourth-order valence-corrected chi connectivity index (χ4v) is 3.65. The van der Waals surface area contributed by atoms with Gasteiger partial charge in [0.05, 0.1) is 17.8 Å². The van der Waals surface area contributed by atoms with E-state index in [2.05, 4.69) is 20.3 Å². The molecule has 0 spiro atoms. The van der Waals surface area contributed by atoms with Crippen LogP contribution in [0.15, 0.2) is 73.1 Å². The van der Waals surface area contributed by atoms with Crippen molar-refractivity contribution in [2.75, 3.05) is 10.2 Å². The summed E-state index contributed by atoms with van der Waals surface area (Å²) >= 11 is 0. The maximum atomic E-state index is 12.9. The summed E-state index contributed by atoms with van der Waals surface area (Å²) < 4.78 is 5.88. The van der Waals surface area contributed by atoms with Gasteiger partial charge in [-0.1, -0.05) is 0 Å². The number of nitrogens with one attached hydrogen (secondary N) is 1. The number of hydrogen-bond acceptors (Lipinski definition) is 6. The van der Waals surface area contributed by atoms with Crippen molar-refractivity contribution in [2.45, 2.75) is 20.4 Å². The summed E-state index contributed by atoms with van der Waals surface area (Å²) in [6, 6.07) is 18.6. The number of carbonyl (C=O) groups excluding carboxylic acids is 1. The summed E-state index contributed by atoms with van der Waals surface area (Å²) in [6.45, 7) is 4.27. The Balaban J connectivity index is 1.31. The Bertz CT molecular complexity index is 1300. The Labute approximate surface area is 185 Å². The summed E-state index contributed by atoms with van der Waals surface area (Å²) in [5.41, 5.74) is 4.88. The van der Waals surface area contributed by atoms with Crippen LogP contribution in [-0.2, 0) is 6.54 Å². The molecule has 4 heterocycles. The fraction of sp³-hybridized carbons (Fsp3) is 0.120. The molecular weight excluding hydrogens is 402 g/mol. The summed E-state index contributed by atoms with van der Waals surface area (Å²) in [7, 11) is 0. The summed E-state index contributed by atoms with van der Waals surface area (Å²) in [4.78, 5) is 27.7. The minimum atomic E-state index is -0.0581. The van der Waals surface area contributed by atoms with Gasteiger partial charge in [-0.05, 0) is 68.4 Å². The highest BCUT2D eigenvalue weighted by atomic mass is 16.5. The maximum Gasteiger partial charge on any atom is 0.260 e. The van der Waals surface area contributed by atoms with E-state index in [0.717, 1.165) is 34.2 Å². The van der Waals surface area contributed by atoms with Crippen LogP contribution in [0.3, 0.4) is 0 Å². The highest BCUT2D eigenvalue weighted by Crippen LogP contribution is 2.31. The Morgan fingerprint density at radius 1 is 0.875 bits per heavy atom. The van der Waals surface area contributed by atoms with E-state index in [1.807, 2.05) is 74.5 Å². The molecule has 3 aromatic heterocycles. The predicted molar refractivity (Wildman–Crippen MR) is 122 cm³/mol. The zero-order chi connectivity index (χ0) is 22.1. The number of benzene rings is 1. The molecule has 158 valence electrons.